The van der Waals surface area contributed by atoms with Crippen LogP contribution in [0.15, 0.2) is 39.9 Å². The lowest BCUT2D eigenvalue weighted by Crippen LogP contribution is -2.41. The number of H-pyrrole nitrogens is 1. The number of aromatic amines is 1. The van der Waals surface area contributed by atoms with E-state index in [1.54, 1.807) is 7.05 Å². The number of imidazole rings is 1. The highest BCUT2D eigenvalue weighted by molar-refractivity contribution is 5.81. The van der Waals surface area contributed by atoms with Crippen LogP contribution in [0.5, 0.6) is 5.88 Å². The van der Waals surface area contributed by atoms with Crippen LogP contribution in [0.1, 0.15) is 39.4 Å². The first-order valence-corrected chi connectivity index (χ1v) is 12.0. The lowest BCUT2D eigenvalue weighted by molar-refractivity contribution is -0.125. The quantitative estimate of drug-likeness (QED) is 0.353. The summed E-state index contributed by atoms with van der Waals surface area (Å²) in [5.74, 6) is -0.537. The van der Waals surface area contributed by atoms with E-state index in [0.717, 1.165) is 0 Å². The van der Waals surface area contributed by atoms with Crippen molar-refractivity contribution in [3.8, 4) is 17.4 Å². The van der Waals surface area contributed by atoms with E-state index in [4.69, 9.17) is 10.5 Å². The van der Waals surface area contributed by atoms with Gasteiger partial charge < -0.3 is 15.5 Å². The molecule has 1 unspecified atom stereocenters. The summed E-state index contributed by atoms with van der Waals surface area (Å²) < 4.78 is 23.3. The molecule has 0 bridgehead atoms. The molecule has 0 aliphatic heterocycles. The highest BCUT2D eigenvalue weighted by Crippen LogP contribution is 2.26. The van der Waals surface area contributed by atoms with Gasteiger partial charge in [0.15, 0.2) is 11.5 Å². The van der Waals surface area contributed by atoms with Crippen LogP contribution in [0.4, 0.5) is 4.39 Å². The Balaban J connectivity index is 1.78. The highest BCUT2D eigenvalue weighted by atomic mass is 19.1. The van der Waals surface area contributed by atoms with Crippen molar-refractivity contribution in [2.24, 2.45) is 24.6 Å². The van der Waals surface area contributed by atoms with E-state index in [9.17, 15) is 18.8 Å². The number of hydrogen-bond donors (Lipinski definition) is 2. The number of aromatic nitrogens is 6. The van der Waals surface area contributed by atoms with Crippen molar-refractivity contribution in [3.63, 3.8) is 0 Å². The van der Waals surface area contributed by atoms with E-state index in [2.05, 4.69) is 15.1 Å². The number of halogens is 1. The van der Waals surface area contributed by atoms with Gasteiger partial charge in [-0.25, -0.2) is 18.9 Å². The summed E-state index contributed by atoms with van der Waals surface area (Å²) in [6.45, 7) is 8.47. The summed E-state index contributed by atoms with van der Waals surface area (Å²) >= 11 is 0. The van der Waals surface area contributed by atoms with Gasteiger partial charge in [-0.2, -0.15) is 5.10 Å². The molecule has 3 heterocycles. The Morgan fingerprint density at radius 1 is 1.08 bits per heavy atom. The van der Waals surface area contributed by atoms with E-state index in [1.807, 2.05) is 27.7 Å². The Morgan fingerprint density at radius 3 is 2.30 bits per heavy atom. The van der Waals surface area contributed by atoms with E-state index < -0.39 is 29.1 Å². The minimum atomic E-state index is -1.18. The molecule has 0 aliphatic carbocycles. The molecule has 12 heteroatoms. The van der Waals surface area contributed by atoms with E-state index >= 15 is 0 Å². The molecule has 0 saturated carbocycles. The Hall–Kier alpha value is -4.22. The Bertz CT molecular complexity index is 1560. The molecule has 196 valence electrons. The van der Waals surface area contributed by atoms with Gasteiger partial charge in [0.25, 0.3) is 11.5 Å². The predicted octanol–water partition coefficient (Wildman–Crippen LogP) is 2.34. The van der Waals surface area contributed by atoms with Crippen LogP contribution in [-0.2, 0) is 24.9 Å². The van der Waals surface area contributed by atoms with Crippen molar-refractivity contribution < 1.29 is 13.9 Å². The fraction of sp³-hybridized carbons (Fsp3) is 0.400. The first-order chi connectivity index (χ1) is 17.5. The van der Waals surface area contributed by atoms with Gasteiger partial charge in [-0.15, -0.1) is 0 Å². The van der Waals surface area contributed by atoms with Crippen molar-refractivity contribution >= 4 is 17.1 Å². The first-order valence-electron chi connectivity index (χ1n) is 12.0. The molecule has 1 atom stereocenters. The largest absolute Gasteiger partial charge is 0.459 e. The van der Waals surface area contributed by atoms with Crippen molar-refractivity contribution in [3.05, 3.63) is 62.6 Å². The number of fused-ring (bicyclic) bond motifs is 1. The molecular formula is C25H30FN7O4. The molecule has 11 nitrogen and oxygen atoms in total. The first kappa shape index (κ1) is 25.9. The number of amides is 1. The number of benzene rings is 1. The lowest BCUT2D eigenvalue weighted by Gasteiger charge is -2.16. The molecule has 4 rings (SSSR count). The van der Waals surface area contributed by atoms with Gasteiger partial charge in [0, 0.05) is 31.8 Å². The summed E-state index contributed by atoms with van der Waals surface area (Å²) in [6, 6.07) is 6.78. The van der Waals surface area contributed by atoms with Crippen LogP contribution in [0, 0.1) is 17.7 Å². The number of carbonyl (C=O) groups excluding carboxylic acids is 1. The number of hydrogen-bond acceptors (Lipinski definition) is 6. The fourth-order valence-electron chi connectivity index (χ4n) is 4.07. The molecule has 0 fully saturated rings. The van der Waals surface area contributed by atoms with Crippen molar-refractivity contribution in [1.29, 1.82) is 0 Å². The number of nitrogens with zero attached hydrogens (tertiary/aromatic N) is 5. The molecule has 1 aromatic carbocycles. The number of rotatable bonds is 9. The molecule has 37 heavy (non-hydrogen) atoms. The van der Waals surface area contributed by atoms with Gasteiger partial charge in [0.1, 0.15) is 17.0 Å². The molecule has 1 amide bonds. The van der Waals surface area contributed by atoms with Crippen molar-refractivity contribution in [2.45, 2.75) is 46.9 Å². The number of ether oxygens (including phenoxy) is 1. The zero-order valence-corrected chi connectivity index (χ0v) is 21.4. The molecule has 0 saturated heterocycles. The fourth-order valence-corrected chi connectivity index (χ4v) is 4.07. The Morgan fingerprint density at radius 2 is 1.70 bits per heavy atom. The topological polar surface area (TPSA) is 143 Å². The van der Waals surface area contributed by atoms with E-state index in [1.165, 1.54) is 44.1 Å². The van der Waals surface area contributed by atoms with Crippen LogP contribution in [0.25, 0.3) is 22.7 Å². The molecule has 0 spiro atoms. The number of nitrogens with one attached hydrogen (secondary N) is 1. The molecule has 3 aromatic heterocycles. The maximum atomic E-state index is 13.3. The molecule has 0 radical (unpaired) electrons. The highest BCUT2D eigenvalue weighted by Gasteiger charge is 2.24. The molecule has 4 aromatic rings. The smallest absolute Gasteiger partial charge is 0.332 e. The van der Waals surface area contributed by atoms with Crippen molar-refractivity contribution in [1.82, 2.24) is 28.9 Å². The summed E-state index contributed by atoms with van der Waals surface area (Å²) in [7, 11) is 1.61. The maximum absolute atomic E-state index is 13.3. The van der Waals surface area contributed by atoms with Gasteiger partial charge in [-0.1, -0.05) is 39.8 Å². The van der Waals surface area contributed by atoms with Crippen LogP contribution >= 0.6 is 0 Å². The van der Waals surface area contributed by atoms with Crippen LogP contribution < -0.4 is 21.7 Å². The third kappa shape index (κ3) is 5.18. The molecule has 0 aliphatic rings. The Labute approximate surface area is 211 Å². The number of aryl methyl sites for hydroxylation is 1. The molecular weight excluding hydrogens is 481 g/mol. The summed E-state index contributed by atoms with van der Waals surface area (Å²) in [6.07, 6.45) is -1.18. The predicted molar refractivity (Wildman–Crippen MR) is 135 cm³/mol. The van der Waals surface area contributed by atoms with Crippen LogP contribution in [-0.4, -0.2) is 34.8 Å². The van der Waals surface area contributed by atoms with Gasteiger partial charge in [-0.05, 0) is 24.0 Å². The lowest BCUT2D eigenvalue weighted by atomic mass is 10.1. The monoisotopic (exact) mass is 511 g/mol. The average Bonchev–Trinajstić information content (AvgIpc) is 3.42. The summed E-state index contributed by atoms with van der Waals surface area (Å²) in [4.78, 5) is 46.0. The average molecular weight is 512 g/mol. The second-order valence-corrected chi connectivity index (χ2v) is 9.82. The van der Waals surface area contributed by atoms with Crippen LogP contribution in [0.3, 0.4) is 0 Å². The van der Waals surface area contributed by atoms with Gasteiger partial charge in [-0.3, -0.25) is 18.7 Å². The van der Waals surface area contributed by atoms with Gasteiger partial charge >= 0.3 is 5.69 Å². The SMILES string of the molecule is CC(C)Cn1c(=O)c2[nH]c(-c3cc(OC(C(N)=O)c4ccc(F)cc4)n(C)n3)nc2n(CC(C)C)c1=O. The maximum Gasteiger partial charge on any atom is 0.332 e. The van der Waals surface area contributed by atoms with Gasteiger partial charge in [0.2, 0.25) is 12.0 Å². The van der Waals surface area contributed by atoms with Crippen molar-refractivity contribution in [2.75, 3.05) is 0 Å². The third-order valence-electron chi connectivity index (χ3n) is 5.71. The van der Waals surface area contributed by atoms with Crippen LogP contribution in [0.2, 0.25) is 0 Å². The van der Waals surface area contributed by atoms with Gasteiger partial charge in [0.05, 0.1) is 0 Å². The minimum absolute atomic E-state index is 0.0903. The zero-order valence-electron chi connectivity index (χ0n) is 21.4. The third-order valence-corrected chi connectivity index (χ3v) is 5.71. The van der Waals surface area contributed by atoms with E-state index in [-0.39, 0.29) is 41.2 Å². The number of nitrogens with two attached hydrogens (primary N) is 1. The van der Waals surface area contributed by atoms with E-state index in [0.29, 0.717) is 17.8 Å². The normalized spacial score (nSPS) is 12.5. The summed E-state index contributed by atoms with van der Waals surface area (Å²) in [5.41, 5.74) is 5.82. The second-order valence-electron chi connectivity index (χ2n) is 9.82. The number of primary amides is 1. The molecule has 3 N–H and O–H groups in total. The second kappa shape index (κ2) is 10.0. The Kier molecular flexibility index (Phi) is 7.01. The standard InChI is InChI=1S/C25H30FN7O4/c1-13(2)11-32-23-19(24(35)33(25(32)36)12-14(3)4)28-22(29-23)17-10-18(31(5)30-17)37-20(21(27)34)15-6-8-16(26)9-7-15/h6-10,13-14,20H,11-12H2,1-5H3,(H2,27,34)(H,28,29). The summed E-state index contributed by atoms with van der Waals surface area (Å²) in [5, 5.41) is 4.40. The zero-order chi connectivity index (χ0) is 27.0. The minimum Gasteiger partial charge on any atom is -0.459 e. The number of carbonyl (C=O) groups is 1.